The highest BCUT2D eigenvalue weighted by Gasteiger charge is 2.47. The van der Waals surface area contributed by atoms with E-state index in [1.54, 1.807) is 0 Å². The summed E-state index contributed by atoms with van der Waals surface area (Å²) in [5, 5.41) is 1.37. The van der Waals surface area contributed by atoms with Crippen LogP contribution in [0.15, 0.2) is 30.3 Å². The Kier molecular flexibility index (Phi) is 4.42. The van der Waals surface area contributed by atoms with E-state index in [-0.39, 0.29) is 12.1 Å². The first-order chi connectivity index (χ1) is 11.2. The normalized spacial score (nSPS) is 22.9. The molecule has 2 bridgehead atoms. The van der Waals surface area contributed by atoms with Crippen LogP contribution < -0.4 is 10.9 Å². The molecule has 2 fully saturated rings. The largest absolute Gasteiger partial charge is 0.345 e. The van der Waals surface area contributed by atoms with Crippen molar-refractivity contribution in [2.45, 2.75) is 31.5 Å². The first-order valence-corrected chi connectivity index (χ1v) is 7.46. The highest BCUT2D eigenvalue weighted by Crippen LogP contribution is 2.30. The lowest BCUT2D eigenvalue weighted by atomic mass is 10.0. The Labute approximate surface area is 133 Å². The molecule has 2 heterocycles. The maximum Gasteiger partial charge on any atom is 0.345 e. The summed E-state index contributed by atoms with van der Waals surface area (Å²) in [6.07, 6.45) is 1.59. The van der Waals surface area contributed by atoms with Gasteiger partial charge in [-0.1, -0.05) is 30.3 Å². The highest BCUT2D eigenvalue weighted by molar-refractivity contribution is 5.88. The van der Waals surface area contributed by atoms with E-state index in [9.17, 15) is 14.4 Å². The molecule has 0 radical (unpaired) electrons. The number of fused-ring (bicyclic) bond motifs is 2. The monoisotopic (exact) mass is 318 g/mol. The van der Waals surface area contributed by atoms with Crippen LogP contribution in [0.5, 0.6) is 0 Å². The number of piperidine rings is 1. The lowest BCUT2D eigenvalue weighted by Gasteiger charge is -2.28. The van der Waals surface area contributed by atoms with Gasteiger partial charge in [0.15, 0.2) is 0 Å². The van der Waals surface area contributed by atoms with Crippen molar-refractivity contribution in [1.29, 1.82) is 0 Å². The predicted octanol–water partition coefficient (Wildman–Crippen LogP) is 0.164. The molecule has 3 rings (SSSR count). The zero-order valence-electron chi connectivity index (χ0n) is 12.5. The van der Waals surface area contributed by atoms with E-state index in [1.165, 1.54) is 9.96 Å². The van der Waals surface area contributed by atoms with Crippen molar-refractivity contribution in [1.82, 2.24) is 20.8 Å². The fraction of sp³-hybridized carbons (Fsp3) is 0.400. The van der Waals surface area contributed by atoms with Crippen LogP contribution in [0.2, 0.25) is 0 Å². The molecule has 122 valence electrons. The molecular weight excluding hydrogens is 300 g/mol. The molecule has 2 aliphatic heterocycles. The Morgan fingerprint density at radius 3 is 2.83 bits per heavy atom. The number of hydrogen-bond acceptors (Lipinski definition) is 4. The Morgan fingerprint density at radius 1 is 1.30 bits per heavy atom. The standard InChI is InChI=1S/C15H18N4O4/c20-10-16-17-14(21)13-7-6-12-8-18(13)15(22)19(12)23-9-11-4-2-1-3-5-11/h1-5,10,12-13H,6-9H2,(H,16,20)(H,17,21)/t12-,13-/m1/s1. The number of hydrogen-bond donors (Lipinski definition) is 2. The summed E-state index contributed by atoms with van der Waals surface area (Å²) < 4.78 is 0. The van der Waals surface area contributed by atoms with Crippen LogP contribution in [0, 0.1) is 0 Å². The van der Waals surface area contributed by atoms with Crippen molar-refractivity contribution in [3.63, 3.8) is 0 Å². The van der Waals surface area contributed by atoms with E-state index in [0.29, 0.717) is 32.4 Å². The van der Waals surface area contributed by atoms with Gasteiger partial charge in [-0.25, -0.2) is 4.79 Å². The van der Waals surface area contributed by atoms with Gasteiger partial charge in [-0.15, -0.1) is 0 Å². The summed E-state index contributed by atoms with van der Waals surface area (Å²) >= 11 is 0. The van der Waals surface area contributed by atoms with Crippen molar-refractivity contribution in [2.24, 2.45) is 0 Å². The SMILES string of the molecule is O=CNNC(=O)[C@H]1CC[C@@H]2CN1C(=O)N2OCc1ccccc1. The molecule has 2 aliphatic rings. The summed E-state index contributed by atoms with van der Waals surface area (Å²) in [4.78, 5) is 41.8. The van der Waals surface area contributed by atoms with Crippen molar-refractivity contribution in [2.75, 3.05) is 6.54 Å². The smallest absolute Gasteiger partial charge is 0.309 e. The van der Waals surface area contributed by atoms with Crippen molar-refractivity contribution < 1.29 is 19.2 Å². The first-order valence-electron chi connectivity index (χ1n) is 7.46. The van der Waals surface area contributed by atoms with Gasteiger partial charge in [-0.3, -0.25) is 25.3 Å². The van der Waals surface area contributed by atoms with Crippen LogP contribution in [0.4, 0.5) is 4.79 Å². The minimum Gasteiger partial charge on any atom is -0.309 e. The summed E-state index contributed by atoms with van der Waals surface area (Å²) in [5.74, 6) is -0.395. The predicted molar refractivity (Wildman–Crippen MR) is 79.3 cm³/mol. The van der Waals surface area contributed by atoms with Crippen molar-refractivity contribution in [3.8, 4) is 0 Å². The number of carbonyl (C=O) groups excluding carboxylic acids is 3. The van der Waals surface area contributed by atoms with Crippen molar-refractivity contribution in [3.05, 3.63) is 35.9 Å². The molecular formula is C15H18N4O4. The Hall–Kier alpha value is -2.61. The van der Waals surface area contributed by atoms with Crippen LogP contribution in [-0.4, -0.2) is 46.9 Å². The molecule has 23 heavy (non-hydrogen) atoms. The van der Waals surface area contributed by atoms with E-state index >= 15 is 0 Å². The number of nitrogens with zero attached hydrogens (tertiary/aromatic N) is 2. The lowest BCUT2D eigenvalue weighted by Crippen LogP contribution is -2.52. The van der Waals surface area contributed by atoms with Gasteiger partial charge in [0, 0.05) is 6.54 Å². The van der Waals surface area contributed by atoms with Crippen molar-refractivity contribution >= 4 is 18.3 Å². The van der Waals surface area contributed by atoms with E-state index in [0.717, 1.165) is 5.56 Å². The van der Waals surface area contributed by atoms with Gasteiger partial charge in [0.05, 0.1) is 6.04 Å². The number of benzene rings is 1. The number of nitrogens with one attached hydrogen (secondary N) is 2. The van der Waals surface area contributed by atoms with E-state index in [1.807, 2.05) is 30.3 Å². The average Bonchev–Trinajstić information content (AvgIpc) is 2.83. The Morgan fingerprint density at radius 2 is 2.09 bits per heavy atom. The maximum absolute atomic E-state index is 12.5. The number of hydroxylamine groups is 2. The van der Waals surface area contributed by atoms with Gasteiger partial charge >= 0.3 is 6.03 Å². The molecule has 0 unspecified atom stereocenters. The molecule has 2 N–H and O–H groups in total. The number of carbonyl (C=O) groups is 3. The fourth-order valence-electron chi connectivity index (χ4n) is 2.97. The fourth-order valence-corrected chi connectivity index (χ4v) is 2.97. The van der Waals surface area contributed by atoms with Gasteiger partial charge < -0.3 is 4.90 Å². The number of urea groups is 1. The van der Waals surface area contributed by atoms with E-state index in [2.05, 4.69) is 10.9 Å². The zero-order valence-corrected chi connectivity index (χ0v) is 12.5. The van der Waals surface area contributed by atoms with Crippen LogP contribution in [0.3, 0.4) is 0 Å². The third-order valence-electron chi connectivity index (χ3n) is 4.09. The highest BCUT2D eigenvalue weighted by atomic mass is 16.7. The summed E-state index contributed by atoms with van der Waals surface area (Å²) in [7, 11) is 0. The molecule has 0 spiro atoms. The topological polar surface area (TPSA) is 91.0 Å². The van der Waals surface area contributed by atoms with E-state index in [4.69, 9.17) is 4.84 Å². The molecule has 2 saturated heterocycles. The second-order valence-corrected chi connectivity index (χ2v) is 5.52. The summed E-state index contributed by atoms with van der Waals surface area (Å²) in [6, 6.07) is 8.64. The second-order valence-electron chi connectivity index (χ2n) is 5.52. The Bertz CT molecular complexity index is 594. The quantitative estimate of drug-likeness (QED) is 0.577. The van der Waals surface area contributed by atoms with Gasteiger partial charge in [0.25, 0.3) is 5.91 Å². The minimum absolute atomic E-state index is 0.0470. The second kappa shape index (κ2) is 6.66. The summed E-state index contributed by atoms with van der Waals surface area (Å²) in [6.45, 7) is 0.757. The molecule has 8 nitrogen and oxygen atoms in total. The molecule has 0 aromatic heterocycles. The van der Waals surface area contributed by atoms with E-state index < -0.39 is 11.9 Å². The molecule has 2 atom stereocenters. The van der Waals surface area contributed by atoms with Gasteiger partial charge in [0.1, 0.15) is 12.6 Å². The minimum atomic E-state index is -0.587. The van der Waals surface area contributed by atoms with Crippen LogP contribution in [0.25, 0.3) is 0 Å². The third-order valence-corrected chi connectivity index (χ3v) is 4.09. The third kappa shape index (κ3) is 3.11. The van der Waals surface area contributed by atoms with Gasteiger partial charge in [0.2, 0.25) is 6.41 Å². The van der Waals surface area contributed by atoms with Crippen LogP contribution in [0.1, 0.15) is 18.4 Å². The number of amides is 4. The average molecular weight is 318 g/mol. The first kappa shape index (κ1) is 15.3. The molecule has 1 aromatic carbocycles. The summed E-state index contributed by atoms with van der Waals surface area (Å²) in [5.41, 5.74) is 5.35. The molecule has 4 amide bonds. The molecule has 8 heteroatoms. The zero-order chi connectivity index (χ0) is 16.2. The molecule has 1 aromatic rings. The lowest BCUT2D eigenvalue weighted by molar-refractivity contribution is -0.140. The van der Waals surface area contributed by atoms with Crippen LogP contribution >= 0.6 is 0 Å². The number of hydrazine groups is 1. The van der Waals surface area contributed by atoms with Crippen LogP contribution in [-0.2, 0) is 21.0 Å². The Balaban J connectivity index is 1.62. The molecule has 0 aliphatic carbocycles. The maximum atomic E-state index is 12.5. The molecule has 0 saturated carbocycles. The number of rotatable bonds is 6. The van der Waals surface area contributed by atoms with Gasteiger partial charge in [-0.05, 0) is 18.4 Å². The van der Waals surface area contributed by atoms with Gasteiger partial charge in [-0.2, -0.15) is 5.06 Å².